The van der Waals surface area contributed by atoms with Crippen LogP contribution in [0.1, 0.15) is 28.2 Å². The highest BCUT2D eigenvalue weighted by Crippen LogP contribution is 2.23. The first-order valence-corrected chi connectivity index (χ1v) is 7.54. The van der Waals surface area contributed by atoms with Crippen LogP contribution in [0.3, 0.4) is 0 Å². The van der Waals surface area contributed by atoms with E-state index in [1.54, 1.807) is 0 Å². The molecule has 1 fully saturated rings. The van der Waals surface area contributed by atoms with E-state index in [0.29, 0.717) is 0 Å². The van der Waals surface area contributed by atoms with Gasteiger partial charge < -0.3 is 5.32 Å². The van der Waals surface area contributed by atoms with E-state index >= 15 is 0 Å². The van der Waals surface area contributed by atoms with Crippen LogP contribution in [0.5, 0.6) is 0 Å². The van der Waals surface area contributed by atoms with Gasteiger partial charge in [0.15, 0.2) is 0 Å². The number of hydrazine groups is 1. The lowest BCUT2D eigenvalue weighted by atomic mass is 9.97. The van der Waals surface area contributed by atoms with Crippen molar-refractivity contribution in [3.8, 4) is 0 Å². The summed E-state index contributed by atoms with van der Waals surface area (Å²) in [4.78, 5) is 13.0. The zero-order chi connectivity index (χ0) is 13.9. The van der Waals surface area contributed by atoms with Gasteiger partial charge in [-0.2, -0.15) is 0 Å². The molecule has 0 bridgehead atoms. The number of hydrogen-bond acceptors (Lipinski definition) is 4. The predicted octanol–water partition coefficient (Wildman–Crippen LogP) is 2.08. The maximum absolute atomic E-state index is 12.2. The molecule has 2 heterocycles. The molecule has 1 aliphatic rings. The molecule has 20 heavy (non-hydrogen) atoms. The van der Waals surface area contributed by atoms with Crippen LogP contribution in [0.4, 0.5) is 0 Å². The Bertz CT molecular complexity index is 570. The molecule has 0 saturated carbocycles. The first kappa shape index (κ1) is 13.3. The van der Waals surface area contributed by atoms with Crippen molar-refractivity contribution in [1.82, 2.24) is 16.2 Å². The van der Waals surface area contributed by atoms with Gasteiger partial charge in [-0.15, -0.1) is 11.3 Å². The third kappa shape index (κ3) is 2.60. The Kier molecular flexibility index (Phi) is 3.82. The summed E-state index contributed by atoms with van der Waals surface area (Å²) in [5.74, 6) is -0.0109. The molecular formula is C15H17N3OS. The van der Waals surface area contributed by atoms with E-state index in [-0.39, 0.29) is 24.0 Å². The molecule has 4 nitrogen and oxygen atoms in total. The van der Waals surface area contributed by atoms with Crippen LogP contribution in [0, 0.1) is 0 Å². The normalized spacial score (nSPS) is 25.6. The van der Waals surface area contributed by atoms with Crippen molar-refractivity contribution >= 4 is 17.2 Å². The molecule has 1 aromatic carbocycles. The average Bonchev–Trinajstić information content (AvgIpc) is 3.11. The van der Waals surface area contributed by atoms with Gasteiger partial charge in [0, 0.05) is 6.04 Å². The van der Waals surface area contributed by atoms with Crippen LogP contribution in [0.15, 0.2) is 47.8 Å². The fourth-order valence-corrected chi connectivity index (χ4v) is 3.11. The lowest BCUT2D eigenvalue weighted by Gasteiger charge is -2.22. The van der Waals surface area contributed by atoms with Crippen LogP contribution in [-0.2, 0) is 0 Å². The summed E-state index contributed by atoms with van der Waals surface area (Å²) in [5, 5.41) is 5.04. The van der Waals surface area contributed by atoms with Gasteiger partial charge >= 0.3 is 0 Å². The molecule has 5 heteroatoms. The highest BCUT2D eigenvalue weighted by Gasteiger charge is 2.35. The van der Waals surface area contributed by atoms with Gasteiger partial charge in [0.25, 0.3) is 5.91 Å². The third-order valence-corrected chi connectivity index (χ3v) is 4.43. The van der Waals surface area contributed by atoms with Crippen LogP contribution >= 0.6 is 11.3 Å². The van der Waals surface area contributed by atoms with Crippen molar-refractivity contribution in [2.45, 2.75) is 25.0 Å². The molecule has 3 unspecified atom stereocenters. The number of thiophene rings is 1. The molecule has 0 spiro atoms. The molecule has 0 aliphatic carbocycles. The molecule has 1 saturated heterocycles. The number of carbonyl (C=O) groups excluding carboxylic acids is 1. The van der Waals surface area contributed by atoms with Gasteiger partial charge in [0.1, 0.15) is 0 Å². The lowest BCUT2D eigenvalue weighted by molar-refractivity contribution is 0.0934. The second kappa shape index (κ2) is 5.75. The standard InChI is InChI=1S/C15H17N3OS/c1-10-13(16-15(19)12-8-5-9-20-12)14(18-17-10)11-6-3-2-4-7-11/h2-10,13-14,17-18H,1H3,(H,16,19). The Hall–Kier alpha value is -1.69. The van der Waals surface area contributed by atoms with E-state index in [1.165, 1.54) is 16.9 Å². The topological polar surface area (TPSA) is 53.2 Å². The number of amides is 1. The molecule has 1 aromatic heterocycles. The minimum atomic E-state index is -0.0109. The minimum absolute atomic E-state index is 0.0109. The van der Waals surface area contributed by atoms with E-state index < -0.39 is 0 Å². The van der Waals surface area contributed by atoms with Crippen LogP contribution in [0.2, 0.25) is 0 Å². The van der Waals surface area contributed by atoms with Crippen LogP contribution in [-0.4, -0.2) is 18.0 Å². The van der Waals surface area contributed by atoms with Crippen molar-refractivity contribution in [2.24, 2.45) is 0 Å². The quantitative estimate of drug-likeness (QED) is 0.810. The van der Waals surface area contributed by atoms with E-state index in [2.05, 4.69) is 35.2 Å². The van der Waals surface area contributed by atoms with Gasteiger partial charge in [0.05, 0.1) is 17.0 Å². The number of rotatable bonds is 3. The average molecular weight is 287 g/mol. The molecule has 3 N–H and O–H groups in total. The molecule has 3 rings (SSSR count). The fraction of sp³-hybridized carbons (Fsp3) is 0.267. The number of hydrogen-bond donors (Lipinski definition) is 3. The highest BCUT2D eigenvalue weighted by atomic mass is 32.1. The molecule has 2 aromatic rings. The minimum Gasteiger partial charge on any atom is -0.345 e. The zero-order valence-corrected chi connectivity index (χ0v) is 12.0. The largest absolute Gasteiger partial charge is 0.345 e. The second-order valence-corrected chi connectivity index (χ2v) is 5.89. The number of benzene rings is 1. The van der Waals surface area contributed by atoms with E-state index in [9.17, 15) is 4.79 Å². The monoisotopic (exact) mass is 287 g/mol. The van der Waals surface area contributed by atoms with Crippen molar-refractivity contribution in [3.05, 3.63) is 58.3 Å². The van der Waals surface area contributed by atoms with Gasteiger partial charge in [0.2, 0.25) is 0 Å². The third-order valence-electron chi connectivity index (χ3n) is 3.57. The van der Waals surface area contributed by atoms with Gasteiger partial charge in [-0.1, -0.05) is 36.4 Å². The summed E-state index contributed by atoms with van der Waals surface area (Å²) >= 11 is 1.46. The maximum Gasteiger partial charge on any atom is 0.261 e. The highest BCUT2D eigenvalue weighted by molar-refractivity contribution is 7.12. The maximum atomic E-state index is 12.2. The summed E-state index contributed by atoms with van der Waals surface area (Å²) < 4.78 is 0. The Balaban J connectivity index is 1.77. The SMILES string of the molecule is CC1NNC(c2ccccc2)C1NC(=O)c1cccs1. The second-order valence-electron chi connectivity index (χ2n) is 4.94. The Morgan fingerprint density at radius 3 is 2.65 bits per heavy atom. The molecular weight excluding hydrogens is 270 g/mol. The summed E-state index contributed by atoms with van der Waals surface area (Å²) in [6.07, 6.45) is 0. The van der Waals surface area contributed by atoms with Crippen molar-refractivity contribution < 1.29 is 4.79 Å². The number of nitrogens with one attached hydrogen (secondary N) is 3. The Morgan fingerprint density at radius 1 is 1.15 bits per heavy atom. The molecule has 0 radical (unpaired) electrons. The molecule has 3 atom stereocenters. The van der Waals surface area contributed by atoms with Crippen LogP contribution in [0.25, 0.3) is 0 Å². The summed E-state index contributed by atoms with van der Waals surface area (Å²) in [6.45, 7) is 2.06. The summed E-state index contributed by atoms with van der Waals surface area (Å²) in [6, 6.07) is 14.2. The van der Waals surface area contributed by atoms with Gasteiger partial charge in [-0.25, -0.2) is 5.43 Å². The molecule has 1 amide bonds. The zero-order valence-electron chi connectivity index (χ0n) is 11.2. The van der Waals surface area contributed by atoms with Gasteiger partial charge in [-0.05, 0) is 23.9 Å². The molecule has 1 aliphatic heterocycles. The predicted molar refractivity (Wildman–Crippen MR) is 80.5 cm³/mol. The molecule has 104 valence electrons. The van der Waals surface area contributed by atoms with E-state index in [0.717, 1.165) is 4.88 Å². The fourth-order valence-electron chi connectivity index (χ4n) is 2.48. The summed E-state index contributed by atoms with van der Waals surface area (Å²) in [7, 11) is 0. The van der Waals surface area contributed by atoms with Gasteiger partial charge in [-0.3, -0.25) is 10.2 Å². The van der Waals surface area contributed by atoms with Crippen molar-refractivity contribution in [2.75, 3.05) is 0 Å². The lowest BCUT2D eigenvalue weighted by Crippen LogP contribution is -2.44. The van der Waals surface area contributed by atoms with Crippen molar-refractivity contribution in [1.29, 1.82) is 0 Å². The van der Waals surface area contributed by atoms with Crippen LogP contribution < -0.4 is 16.2 Å². The van der Waals surface area contributed by atoms with Crippen molar-refractivity contribution in [3.63, 3.8) is 0 Å². The van der Waals surface area contributed by atoms with E-state index in [1.807, 2.05) is 35.7 Å². The Labute approximate surface area is 122 Å². The summed E-state index contributed by atoms with van der Waals surface area (Å²) in [5.41, 5.74) is 7.64. The first-order valence-electron chi connectivity index (χ1n) is 6.66. The first-order chi connectivity index (χ1) is 9.75. The van der Waals surface area contributed by atoms with E-state index in [4.69, 9.17) is 0 Å². The number of carbonyl (C=O) groups is 1. The smallest absolute Gasteiger partial charge is 0.261 e. The Morgan fingerprint density at radius 2 is 1.95 bits per heavy atom.